The van der Waals surface area contributed by atoms with E-state index in [4.69, 9.17) is 9.05 Å². The number of rotatable bonds is 44. The summed E-state index contributed by atoms with van der Waals surface area (Å²) in [5.41, 5.74) is 0. The first-order valence-corrected chi connectivity index (χ1v) is 26.9. The van der Waals surface area contributed by atoms with Gasteiger partial charge in [-0.2, -0.15) is 0 Å². The lowest BCUT2D eigenvalue weighted by Gasteiger charge is -2.25. The maximum absolute atomic E-state index is 12.9. The van der Waals surface area contributed by atoms with Crippen LogP contribution in [0.25, 0.3) is 0 Å². The molecule has 8 nitrogen and oxygen atoms in total. The second kappa shape index (κ2) is 46.0. The molecular weight excluding hydrogens is 828 g/mol. The van der Waals surface area contributed by atoms with Gasteiger partial charge in [0, 0.05) is 6.42 Å². The highest BCUT2D eigenvalue weighted by Crippen LogP contribution is 2.43. The van der Waals surface area contributed by atoms with E-state index in [-0.39, 0.29) is 19.1 Å². The largest absolute Gasteiger partial charge is 0.472 e. The van der Waals surface area contributed by atoms with Crippen molar-refractivity contribution in [1.29, 1.82) is 0 Å². The van der Waals surface area contributed by atoms with Crippen LogP contribution in [-0.2, 0) is 18.4 Å². The van der Waals surface area contributed by atoms with Crippen molar-refractivity contribution in [3.8, 4) is 0 Å². The Kier molecular flexibility index (Phi) is 43.8. The zero-order valence-corrected chi connectivity index (χ0v) is 42.8. The fourth-order valence-electron chi connectivity index (χ4n) is 6.40. The van der Waals surface area contributed by atoms with Gasteiger partial charge in [-0.15, -0.1) is 0 Å². The molecule has 3 unspecified atom stereocenters. The normalized spacial score (nSPS) is 15.1. The number of aliphatic hydroxyl groups excluding tert-OH is 1. The molecule has 0 bridgehead atoms. The van der Waals surface area contributed by atoms with Crippen LogP contribution in [-0.4, -0.2) is 73.4 Å². The quantitative estimate of drug-likeness (QED) is 0.0243. The van der Waals surface area contributed by atoms with Gasteiger partial charge in [0.1, 0.15) is 13.2 Å². The van der Waals surface area contributed by atoms with Crippen molar-refractivity contribution in [3.63, 3.8) is 0 Å². The highest BCUT2D eigenvalue weighted by Gasteiger charge is 2.27. The van der Waals surface area contributed by atoms with Gasteiger partial charge < -0.3 is 19.8 Å². The zero-order chi connectivity index (χ0) is 47.8. The average molecular weight is 924 g/mol. The third-order valence-electron chi connectivity index (χ3n) is 10.4. The van der Waals surface area contributed by atoms with Gasteiger partial charge in [-0.05, 0) is 103 Å². The first-order chi connectivity index (χ1) is 31.5. The number of hydrogen-bond donors (Lipinski definition) is 3. The molecule has 0 aromatic rings. The molecule has 0 aromatic carbocycles. The number of carbonyl (C=O) groups is 1. The topological polar surface area (TPSA) is 105 Å². The number of likely N-dealkylation sites (N-methyl/N-ethyl adjacent to an activating group) is 1. The molecular formula is C56H96N2O6P+. The van der Waals surface area contributed by atoms with E-state index >= 15 is 0 Å². The number of phosphoric ester groups is 1. The number of hydrogen-bond acceptors (Lipinski definition) is 5. The highest BCUT2D eigenvalue weighted by molar-refractivity contribution is 7.47. The molecule has 0 aliphatic rings. The SMILES string of the molecule is CC/C=C\C/C=C\C/C=C\C/C=C\C/C=C\C/C=C\C/C=C\CCCCCCCCCC(=O)NC(COP(=O)(O)OCC[N+](C)(C)C)C(O)/C=C/CC/C=C/CC/C=C/CCCCCC. The monoisotopic (exact) mass is 924 g/mol. The lowest BCUT2D eigenvalue weighted by molar-refractivity contribution is -0.870. The minimum Gasteiger partial charge on any atom is -0.387 e. The van der Waals surface area contributed by atoms with Gasteiger partial charge in [-0.3, -0.25) is 13.8 Å². The Labute approximate surface area is 399 Å². The Morgan fingerprint density at radius 1 is 0.538 bits per heavy atom. The average Bonchev–Trinajstić information content (AvgIpc) is 3.26. The Bertz CT molecular complexity index is 1460. The second-order valence-electron chi connectivity index (χ2n) is 17.8. The van der Waals surface area contributed by atoms with E-state index < -0.39 is 20.0 Å². The molecule has 0 fully saturated rings. The summed E-state index contributed by atoms with van der Waals surface area (Å²) in [6, 6.07) is -0.884. The third kappa shape index (κ3) is 48.6. The van der Waals surface area contributed by atoms with E-state index in [0.29, 0.717) is 17.4 Å². The lowest BCUT2D eigenvalue weighted by Crippen LogP contribution is -2.45. The van der Waals surface area contributed by atoms with Gasteiger partial charge in [0.25, 0.3) is 0 Å². The van der Waals surface area contributed by atoms with Crippen LogP contribution in [0.2, 0.25) is 0 Å². The van der Waals surface area contributed by atoms with Crippen molar-refractivity contribution >= 4 is 13.7 Å². The molecule has 9 heteroatoms. The number of unbranched alkanes of at least 4 members (excludes halogenated alkanes) is 13. The first-order valence-electron chi connectivity index (χ1n) is 25.4. The maximum Gasteiger partial charge on any atom is 0.472 e. The summed E-state index contributed by atoms with van der Waals surface area (Å²) in [7, 11) is 1.51. The molecule has 0 aliphatic carbocycles. The zero-order valence-electron chi connectivity index (χ0n) is 41.9. The smallest absolute Gasteiger partial charge is 0.387 e. The number of amides is 1. The molecule has 370 valence electrons. The van der Waals surface area contributed by atoms with E-state index in [2.05, 4.69) is 129 Å². The molecule has 0 rings (SSSR count). The molecule has 65 heavy (non-hydrogen) atoms. The minimum absolute atomic E-state index is 0.0440. The fourth-order valence-corrected chi connectivity index (χ4v) is 7.14. The number of allylic oxidation sites excluding steroid dienone is 19. The highest BCUT2D eigenvalue weighted by atomic mass is 31.2. The van der Waals surface area contributed by atoms with Gasteiger partial charge in [0.15, 0.2) is 0 Å². The van der Waals surface area contributed by atoms with Crippen LogP contribution in [0.5, 0.6) is 0 Å². The summed E-state index contributed by atoms with van der Waals surface area (Å²) in [5.74, 6) is -0.210. The number of nitrogens with one attached hydrogen (secondary N) is 1. The Balaban J connectivity index is 4.34. The molecule has 0 saturated carbocycles. The van der Waals surface area contributed by atoms with Crippen LogP contribution in [0.15, 0.2) is 122 Å². The number of quaternary nitrogens is 1. The molecule has 0 heterocycles. The summed E-state index contributed by atoms with van der Waals surface area (Å²) in [5, 5.41) is 13.8. The van der Waals surface area contributed by atoms with Crippen molar-refractivity contribution in [3.05, 3.63) is 122 Å². The van der Waals surface area contributed by atoms with E-state index in [1.54, 1.807) is 6.08 Å². The van der Waals surface area contributed by atoms with E-state index in [9.17, 15) is 19.4 Å². The van der Waals surface area contributed by atoms with E-state index in [0.717, 1.165) is 109 Å². The predicted molar refractivity (Wildman–Crippen MR) is 281 cm³/mol. The predicted octanol–water partition coefficient (Wildman–Crippen LogP) is 15.0. The molecule has 3 N–H and O–H groups in total. The van der Waals surface area contributed by atoms with Crippen LogP contribution in [0.3, 0.4) is 0 Å². The van der Waals surface area contributed by atoms with Crippen LogP contribution in [0.1, 0.15) is 174 Å². The minimum atomic E-state index is -4.36. The van der Waals surface area contributed by atoms with Crippen LogP contribution in [0.4, 0.5) is 0 Å². The molecule has 0 radical (unpaired) electrons. The van der Waals surface area contributed by atoms with Crippen molar-refractivity contribution < 1.29 is 32.9 Å². The number of carbonyl (C=O) groups excluding carboxylic acids is 1. The third-order valence-corrected chi connectivity index (χ3v) is 11.4. The summed E-state index contributed by atoms with van der Waals surface area (Å²) in [6.07, 6.45) is 68.5. The maximum atomic E-state index is 12.9. The lowest BCUT2D eigenvalue weighted by atomic mass is 10.1. The molecule has 1 amide bonds. The van der Waals surface area contributed by atoms with E-state index in [1.807, 2.05) is 27.2 Å². The summed E-state index contributed by atoms with van der Waals surface area (Å²) in [4.78, 5) is 23.2. The molecule has 3 atom stereocenters. The van der Waals surface area contributed by atoms with Crippen molar-refractivity contribution in [2.24, 2.45) is 0 Å². The standard InChI is InChI=1S/C56H95N2O6P/c1-6-8-10-12-14-16-18-20-22-23-24-25-26-27-28-29-30-31-32-33-34-35-36-38-40-42-44-46-48-50-56(60)57-54(53-64-65(61,62)63-52-51-58(3,4)5)55(59)49-47-45-43-41-39-37-21-19-17-15-13-11-9-7-2/h8,10,14,16-17,19-20,22,24-25,27-28,30-31,33-34,39,41,47,49,54-55,59H,6-7,9,11-13,15,18,21,23,26,29,32,35-38,40,42-46,48,50-53H2,1-5H3,(H-,57,60,61,62)/p+1/b10-8-,16-14-,19-17+,22-20-,25-24-,28-27-,31-30-,34-33-,41-39+,49-47+. The molecule has 0 saturated heterocycles. The van der Waals surface area contributed by atoms with Crippen molar-refractivity contribution in [2.45, 2.75) is 187 Å². The van der Waals surface area contributed by atoms with Gasteiger partial charge >= 0.3 is 7.82 Å². The fraction of sp³-hybridized carbons (Fsp3) is 0.625. The number of aliphatic hydroxyl groups is 1. The first kappa shape index (κ1) is 61.9. The summed E-state index contributed by atoms with van der Waals surface area (Å²) in [6.45, 7) is 4.61. The van der Waals surface area contributed by atoms with Gasteiger partial charge in [0.2, 0.25) is 5.91 Å². The van der Waals surface area contributed by atoms with Gasteiger partial charge in [-0.25, -0.2) is 4.57 Å². The molecule has 0 spiro atoms. The van der Waals surface area contributed by atoms with Crippen LogP contribution >= 0.6 is 7.82 Å². The van der Waals surface area contributed by atoms with Gasteiger partial charge in [-0.1, -0.05) is 187 Å². The molecule has 0 aliphatic heterocycles. The van der Waals surface area contributed by atoms with Gasteiger partial charge in [0.05, 0.1) is 39.9 Å². The second-order valence-corrected chi connectivity index (χ2v) is 19.2. The van der Waals surface area contributed by atoms with Crippen molar-refractivity contribution in [1.82, 2.24) is 5.32 Å². The van der Waals surface area contributed by atoms with E-state index in [1.165, 1.54) is 44.9 Å². The molecule has 0 aromatic heterocycles. The number of phosphoric acid groups is 1. The summed E-state index contributed by atoms with van der Waals surface area (Å²) < 4.78 is 23.6. The number of nitrogens with zero attached hydrogens (tertiary/aromatic N) is 1. The Morgan fingerprint density at radius 2 is 0.938 bits per heavy atom. The van der Waals surface area contributed by atoms with Crippen LogP contribution in [0, 0.1) is 0 Å². The Hall–Kier alpha value is -3.10. The Morgan fingerprint density at radius 3 is 1.42 bits per heavy atom. The van der Waals surface area contributed by atoms with Crippen molar-refractivity contribution in [2.75, 3.05) is 40.9 Å². The van der Waals surface area contributed by atoms with Crippen LogP contribution < -0.4 is 5.32 Å². The summed E-state index contributed by atoms with van der Waals surface area (Å²) >= 11 is 0.